The topological polar surface area (TPSA) is 12.9 Å². The van der Waals surface area contributed by atoms with E-state index in [-0.39, 0.29) is 5.41 Å². The average molecular weight is 291 g/mol. The van der Waals surface area contributed by atoms with Crippen molar-refractivity contribution in [2.75, 3.05) is 0 Å². The van der Waals surface area contributed by atoms with Crippen LogP contribution in [-0.4, -0.2) is 4.98 Å². The van der Waals surface area contributed by atoms with Gasteiger partial charge in [-0.05, 0) is 35.6 Å². The average Bonchev–Trinajstić information content (AvgIpc) is 2.49. The first-order chi connectivity index (χ1) is 9.95. The van der Waals surface area contributed by atoms with Gasteiger partial charge in [-0.3, -0.25) is 4.98 Å². The molecular weight excluding hydrogens is 268 g/mol. The second-order valence-electron chi connectivity index (χ2n) is 5.26. The quantitative estimate of drug-likeness (QED) is 0.702. The van der Waals surface area contributed by atoms with Crippen LogP contribution in [0.5, 0.6) is 0 Å². The molecule has 0 saturated carbocycles. The fourth-order valence-electron chi connectivity index (χ4n) is 2.07. The third-order valence-electron chi connectivity index (χ3n) is 3.59. The molecule has 0 aliphatic rings. The standard InChI is InChI=1S/C16H17F2N.C2H6/c1-4-16(2,3)12-9-11(17)10-13(18)15(12)14-7-5-6-8-19-14;1-2/h5-10H,4H2,1-3H3;1-2H3. The fraction of sp³-hybridized carbons (Fsp3) is 0.389. The Hall–Kier alpha value is -1.77. The van der Waals surface area contributed by atoms with Crippen LogP contribution in [0.25, 0.3) is 11.3 Å². The molecule has 21 heavy (non-hydrogen) atoms. The smallest absolute Gasteiger partial charge is 0.135 e. The molecule has 0 saturated heterocycles. The van der Waals surface area contributed by atoms with Crippen molar-refractivity contribution in [2.24, 2.45) is 0 Å². The van der Waals surface area contributed by atoms with Crippen LogP contribution in [0, 0.1) is 11.6 Å². The summed E-state index contributed by atoms with van der Waals surface area (Å²) in [6.07, 6.45) is 2.40. The van der Waals surface area contributed by atoms with E-state index in [0.29, 0.717) is 16.8 Å². The molecule has 0 aliphatic carbocycles. The maximum atomic E-state index is 14.2. The van der Waals surface area contributed by atoms with Gasteiger partial charge in [-0.25, -0.2) is 8.78 Å². The van der Waals surface area contributed by atoms with E-state index in [2.05, 4.69) is 4.98 Å². The molecular formula is C18H23F2N. The minimum Gasteiger partial charge on any atom is -0.256 e. The van der Waals surface area contributed by atoms with Crippen LogP contribution < -0.4 is 0 Å². The second-order valence-corrected chi connectivity index (χ2v) is 5.26. The maximum Gasteiger partial charge on any atom is 0.135 e. The molecule has 114 valence electrons. The van der Waals surface area contributed by atoms with Crippen molar-refractivity contribution in [3.05, 3.63) is 53.7 Å². The molecule has 0 spiro atoms. The Kier molecular flexibility index (Phi) is 6.01. The number of pyridine rings is 1. The minimum absolute atomic E-state index is 0.310. The van der Waals surface area contributed by atoms with Gasteiger partial charge in [0.15, 0.2) is 0 Å². The molecule has 3 heteroatoms. The third-order valence-corrected chi connectivity index (χ3v) is 3.59. The Morgan fingerprint density at radius 3 is 2.29 bits per heavy atom. The number of nitrogens with zero attached hydrogens (tertiary/aromatic N) is 1. The predicted molar refractivity (Wildman–Crippen MR) is 84.3 cm³/mol. The summed E-state index contributed by atoms with van der Waals surface area (Å²) in [5.41, 5.74) is 1.28. The molecule has 2 aromatic rings. The Morgan fingerprint density at radius 2 is 1.76 bits per heavy atom. The zero-order valence-corrected chi connectivity index (χ0v) is 13.4. The van der Waals surface area contributed by atoms with Crippen molar-refractivity contribution < 1.29 is 8.78 Å². The van der Waals surface area contributed by atoms with Gasteiger partial charge in [0, 0.05) is 17.8 Å². The van der Waals surface area contributed by atoms with Gasteiger partial charge in [0.2, 0.25) is 0 Å². The lowest BCUT2D eigenvalue weighted by Crippen LogP contribution is -2.18. The van der Waals surface area contributed by atoms with E-state index in [1.54, 1.807) is 24.4 Å². The van der Waals surface area contributed by atoms with Gasteiger partial charge < -0.3 is 0 Å². The second kappa shape index (κ2) is 7.30. The molecule has 0 fully saturated rings. The van der Waals surface area contributed by atoms with Crippen molar-refractivity contribution in [1.29, 1.82) is 0 Å². The molecule has 0 atom stereocenters. The molecule has 0 aliphatic heterocycles. The van der Waals surface area contributed by atoms with E-state index in [0.717, 1.165) is 12.5 Å². The molecule has 1 aromatic carbocycles. The van der Waals surface area contributed by atoms with Gasteiger partial charge in [-0.1, -0.05) is 40.7 Å². The third kappa shape index (κ3) is 3.87. The van der Waals surface area contributed by atoms with Crippen LogP contribution >= 0.6 is 0 Å². The predicted octanol–water partition coefficient (Wildman–Crippen LogP) is 5.74. The summed E-state index contributed by atoms with van der Waals surface area (Å²) >= 11 is 0. The summed E-state index contributed by atoms with van der Waals surface area (Å²) in [7, 11) is 0. The Balaban J connectivity index is 0.00000106. The van der Waals surface area contributed by atoms with Crippen LogP contribution in [0.3, 0.4) is 0 Å². The first kappa shape index (κ1) is 17.3. The monoisotopic (exact) mass is 291 g/mol. The van der Waals surface area contributed by atoms with Crippen molar-refractivity contribution in [3.63, 3.8) is 0 Å². The number of hydrogen-bond donors (Lipinski definition) is 0. The van der Waals surface area contributed by atoms with Crippen LogP contribution in [0.4, 0.5) is 8.78 Å². The molecule has 1 aromatic heterocycles. The highest BCUT2D eigenvalue weighted by Crippen LogP contribution is 2.36. The normalized spacial score (nSPS) is 10.8. The molecule has 0 amide bonds. The number of aromatic nitrogens is 1. The van der Waals surface area contributed by atoms with E-state index in [1.165, 1.54) is 6.07 Å². The highest BCUT2D eigenvalue weighted by Gasteiger charge is 2.26. The lowest BCUT2D eigenvalue weighted by molar-refractivity contribution is 0.493. The van der Waals surface area contributed by atoms with Crippen LogP contribution in [0.2, 0.25) is 0 Å². The SMILES string of the molecule is CC.CCC(C)(C)c1cc(F)cc(F)c1-c1ccccn1. The van der Waals surface area contributed by atoms with Crippen molar-refractivity contribution in [2.45, 2.75) is 46.5 Å². The molecule has 2 rings (SSSR count). The lowest BCUT2D eigenvalue weighted by atomic mass is 9.78. The maximum absolute atomic E-state index is 14.2. The largest absolute Gasteiger partial charge is 0.256 e. The Bertz CT molecular complexity index is 577. The summed E-state index contributed by atoms with van der Waals surface area (Å²) in [5.74, 6) is -1.11. The van der Waals surface area contributed by atoms with E-state index < -0.39 is 11.6 Å². The molecule has 1 heterocycles. The van der Waals surface area contributed by atoms with Crippen molar-refractivity contribution >= 4 is 0 Å². The Morgan fingerprint density at radius 1 is 1.10 bits per heavy atom. The van der Waals surface area contributed by atoms with Crippen molar-refractivity contribution in [1.82, 2.24) is 4.98 Å². The van der Waals surface area contributed by atoms with Gasteiger partial charge in [0.1, 0.15) is 11.6 Å². The van der Waals surface area contributed by atoms with Gasteiger partial charge in [0.05, 0.1) is 5.69 Å². The molecule has 0 unspecified atom stereocenters. The molecule has 0 radical (unpaired) electrons. The van der Waals surface area contributed by atoms with Crippen LogP contribution in [0.15, 0.2) is 36.5 Å². The van der Waals surface area contributed by atoms with E-state index in [4.69, 9.17) is 0 Å². The van der Waals surface area contributed by atoms with Crippen LogP contribution in [-0.2, 0) is 5.41 Å². The van der Waals surface area contributed by atoms with Crippen molar-refractivity contribution in [3.8, 4) is 11.3 Å². The Labute approximate surface area is 126 Å². The highest BCUT2D eigenvalue weighted by molar-refractivity contribution is 5.66. The molecule has 0 bridgehead atoms. The fourth-order valence-corrected chi connectivity index (χ4v) is 2.07. The van der Waals surface area contributed by atoms with Gasteiger partial charge >= 0.3 is 0 Å². The number of hydrogen-bond acceptors (Lipinski definition) is 1. The number of halogens is 2. The van der Waals surface area contributed by atoms with Gasteiger partial charge in [-0.15, -0.1) is 0 Å². The lowest BCUT2D eigenvalue weighted by Gasteiger charge is -2.26. The van der Waals surface area contributed by atoms with E-state index in [9.17, 15) is 8.78 Å². The van der Waals surface area contributed by atoms with Gasteiger partial charge in [0.25, 0.3) is 0 Å². The zero-order valence-electron chi connectivity index (χ0n) is 13.4. The summed E-state index contributed by atoms with van der Waals surface area (Å²) in [6, 6.07) is 7.64. The van der Waals surface area contributed by atoms with Crippen LogP contribution in [0.1, 0.15) is 46.6 Å². The van der Waals surface area contributed by atoms with Gasteiger partial charge in [-0.2, -0.15) is 0 Å². The highest BCUT2D eigenvalue weighted by atomic mass is 19.1. The summed E-state index contributed by atoms with van der Waals surface area (Å²) in [6.45, 7) is 9.96. The summed E-state index contributed by atoms with van der Waals surface area (Å²) < 4.78 is 27.7. The molecule has 0 N–H and O–H groups in total. The minimum atomic E-state index is -0.560. The first-order valence-corrected chi connectivity index (χ1v) is 7.36. The summed E-state index contributed by atoms with van der Waals surface area (Å²) in [5, 5.41) is 0. The van der Waals surface area contributed by atoms with E-state index >= 15 is 0 Å². The number of benzene rings is 1. The first-order valence-electron chi connectivity index (χ1n) is 7.36. The zero-order chi connectivity index (χ0) is 16.0. The van der Waals surface area contributed by atoms with E-state index in [1.807, 2.05) is 34.6 Å². The molecule has 1 nitrogen and oxygen atoms in total. The number of rotatable bonds is 3. The summed E-state index contributed by atoms with van der Waals surface area (Å²) in [4.78, 5) is 4.19.